The predicted octanol–water partition coefficient (Wildman–Crippen LogP) is 7.34. The van der Waals surface area contributed by atoms with Crippen molar-refractivity contribution in [2.45, 2.75) is 73.1 Å². The molecule has 0 amide bonds. The van der Waals surface area contributed by atoms with Crippen molar-refractivity contribution >= 4 is 80.7 Å². The Morgan fingerprint density at radius 3 is 1.50 bits per heavy atom. The highest BCUT2D eigenvalue weighted by molar-refractivity contribution is 7.03. The summed E-state index contributed by atoms with van der Waals surface area (Å²) >= 11 is 0. The molecule has 62 heavy (non-hydrogen) atoms. The molecular formula is C53H44B3NO5. The van der Waals surface area contributed by atoms with Gasteiger partial charge in [-0.25, -0.2) is 0 Å². The van der Waals surface area contributed by atoms with E-state index in [-0.39, 0.29) is 31.0 Å². The van der Waals surface area contributed by atoms with Crippen LogP contribution in [0.4, 0.5) is 11.4 Å². The van der Waals surface area contributed by atoms with Crippen LogP contribution in [0, 0.1) is 20.8 Å². The molecule has 1 N–H and O–H groups in total. The lowest BCUT2D eigenvalue weighted by Gasteiger charge is -2.39. The SMILES string of the molecule is Cc1cc2c3c(c1)Oc1cc4c(cc1B3c1cc3c(cc1N2)Oc1cc(C)cc2c1B3c1c(cccc1C(C)(C)C)O2)B1c2cc(C(C)(C)C)ccc2Oc2cc(C)cc(c21)O4. The molecule has 7 aromatic carbocycles. The molecule has 0 radical (unpaired) electrons. The van der Waals surface area contributed by atoms with Gasteiger partial charge >= 0.3 is 0 Å². The lowest BCUT2D eigenvalue weighted by molar-refractivity contribution is 0.455. The molecule has 0 unspecified atom stereocenters. The number of hydrogen-bond donors (Lipinski definition) is 1. The van der Waals surface area contributed by atoms with Crippen molar-refractivity contribution < 1.29 is 23.7 Å². The van der Waals surface area contributed by atoms with Gasteiger partial charge in [-0.2, -0.15) is 0 Å². The van der Waals surface area contributed by atoms with Crippen molar-refractivity contribution in [1.82, 2.24) is 0 Å². The van der Waals surface area contributed by atoms with Gasteiger partial charge in [0.15, 0.2) is 0 Å². The molecule has 0 spiro atoms. The molecule has 0 bridgehead atoms. The van der Waals surface area contributed by atoms with Crippen molar-refractivity contribution in [3.05, 3.63) is 125 Å². The summed E-state index contributed by atoms with van der Waals surface area (Å²) in [5, 5.41) is 3.87. The van der Waals surface area contributed by atoms with Gasteiger partial charge in [-0.05, 0) is 146 Å². The van der Waals surface area contributed by atoms with Gasteiger partial charge in [0.2, 0.25) is 0 Å². The van der Waals surface area contributed by atoms with Crippen LogP contribution in [0.3, 0.4) is 0 Å². The summed E-state index contributed by atoms with van der Waals surface area (Å²) in [5.74, 6) is 8.52. The molecule has 9 heteroatoms. The quantitative estimate of drug-likeness (QED) is 0.162. The second kappa shape index (κ2) is 11.9. The zero-order valence-corrected chi connectivity index (χ0v) is 36.5. The second-order valence-electron chi connectivity index (χ2n) is 20.4. The Morgan fingerprint density at radius 2 is 0.871 bits per heavy atom. The maximum atomic E-state index is 6.99. The summed E-state index contributed by atoms with van der Waals surface area (Å²) in [7, 11) is 0. The van der Waals surface area contributed by atoms with Crippen LogP contribution in [0.2, 0.25) is 0 Å². The number of fused-ring (bicyclic) bond motifs is 12. The Kier molecular flexibility index (Phi) is 6.96. The Hall–Kier alpha value is -6.47. The summed E-state index contributed by atoms with van der Waals surface area (Å²) in [5.41, 5.74) is 18.0. The molecule has 13 rings (SSSR count). The number of aryl methyl sites for hydroxylation is 3. The van der Waals surface area contributed by atoms with Crippen LogP contribution in [-0.2, 0) is 10.8 Å². The lowest BCUT2D eigenvalue weighted by Crippen LogP contribution is -2.64. The average Bonchev–Trinajstić information content (AvgIpc) is 3.20. The van der Waals surface area contributed by atoms with E-state index in [2.05, 4.69) is 165 Å². The Morgan fingerprint density at radius 1 is 0.371 bits per heavy atom. The van der Waals surface area contributed by atoms with Gasteiger partial charge in [-0.15, -0.1) is 0 Å². The molecule has 0 fully saturated rings. The third kappa shape index (κ3) is 4.96. The second-order valence-corrected chi connectivity index (χ2v) is 20.4. The zero-order chi connectivity index (χ0) is 42.3. The predicted molar refractivity (Wildman–Crippen MR) is 254 cm³/mol. The summed E-state index contributed by atoms with van der Waals surface area (Å²) in [6.45, 7) is 19.7. The van der Waals surface area contributed by atoms with E-state index in [1.54, 1.807) is 0 Å². The monoisotopic (exact) mass is 807 g/mol. The molecule has 6 nitrogen and oxygen atoms in total. The largest absolute Gasteiger partial charge is 0.458 e. The third-order valence-electron chi connectivity index (χ3n) is 13.9. The van der Waals surface area contributed by atoms with Gasteiger partial charge < -0.3 is 29.0 Å². The van der Waals surface area contributed by atoms with Crippen LogP contribution in [0.1, 0.15) is 69.4 Å². The molecule has 7 aromatic rings. The van der Waals surface area contributed by atoms with E-state index in [9.17, 15) is 0 Å². The fourth-order valence-electron chi connectivity index (χ4n) is 11.2. The van der Waals surface area contributed by atoms with E-state index >= 15 is 0 Å². The van der Waals surface area contributed by atoms with E-state index < -0.39 is 0 Å². The Bertz CT molecular complexity index is 3220. The van der Waals surface area contributed by atoms with Crippen LogP contribution in [0.5, 0.6) is 57.5 Å². The van der Waals surface area contributed by atoms with E-state index in [0.717, 1.165) is 124 Å². The van der Waals surface area contributed by atoms with Crippen molar-refractivity contribution in [2.75, 3.05) is 5.32 Å². The fraction of sp³-hybridized carbons (Fsp3) is 0.208. The van der Waals surface area contributed by atoms with Crippen LogP contribution in [0.15, 0.2) is 97.1 Å². The fourth-order valence-corrected chi connectivity index (χ4v) is 11.2. The molecule has 300 valence electrons. The van der Waals surface area contributed by atoms with Crippen LogP contribution in [-0.4, -0.2) is 20.1 Å². The van der Waals surface area contributed by atoms with E-state index in [4.69, 9.17) is 23.7 Å². The highest BCUT2D eigenvalue weighted by Gasteiger charge is 2.48. The van der Waals surface area contributed by atoms with Gasteiger partial charge in [0, 0.05) is 34.4 Å². The van der Waals surface area contributed by atoms with E-state index in [1.807, 2.05) is 0 Å². The highest BCUT2D eigenvalue weighted by Crippen LogP contribution is 2.42. The highest BCUT2D eigenvalue weighted by atomic mass is 16.5. The molecule has 6 heterocycles. The van der Waals surface area contributed by atoms with E-state index in [0.29, 0.717) is 0 Å². The first-order valence-electron chi connectivity index (χ1n) is 21.9. The third-order valence-corrected chi connectivity index (χ3v) is 13.9. The molecule has 0 saturated heterocycles. The normalized spacial score (nSPS) is 14.9. The summed E-state index contributed by atoms with van der Waals surface area (Å²) in [6, 6.07) is 35.4. The smallest absolute Gasteiger partial charge is 0.261 e. The van der Waals surface area contributed by atoms with E-state index in [1.165, 1.54) is 22.1 Å². The van der Waals surface area contributed by atoms with Crippen LogP contribution in [0.25, 0.3) is 0 Å². The van der Waals surface area contributed by atoms with Crippen molar-refractivity contribution in [1.29, 1.82) is 0 Å². The number of hydrogen-bond acceptors (Lipinski definition) is 6. The summed E-state index contributed by atoms with van der Waals surface area (Å²) in [6.07, 6.45) is 0. The van der Waals surface area contributed by atoms with Crippen molar-refractivity contribution in [3.8, 4) is 57.5 Å². The number of nitrogens with one attached hydrogen (secondary N) is 1. The number of ether oxygens (including phenoxy) is 5. The first-order chi connectivity index (χ1) is 29.7. The molecule has 6 aliphatic heterocycles. The lowest BCUT2D eigenvalue weighted by atomic mass is 9.29. The first kappa shape index (κ1) is 36.2. The Balaban J connectivity index is 1.05. The molecule has 0 atom stereocenters. The van der Waals surface area contributed by atoms with Crippen molar-refractivity contribution in [3.63, 3.8) is 0 Å². The van der Waals surface area contributed by atoms with Gasteiger partial charge in [-0.1, -0.05) is 77.9 Å². The molecule has 0 aromatic heterocycles. The molecule has 6 aliphatic rings. The van der Waals surface area contributed by atoms with Crippen LogP contribution >= 0.6 is 0 Å². The van der Waals surface area contributed by atoms with Gasteiger partial charge in [0.1, 0.15) is 57.5 Å². The maximum absolute atomic E-state index is 6.99. The molecule has 0 aliphatic carbocycles. The molecule has 0 saturated carbocycles. The summed E-state index contributed by atoms with van der Waals surface area (Å²) < 4.78 is 34.3. The number of anilines is 2. The maximum Gasteiger partial charge on any atom is 0.261 e. The van der Waals surface area contributed by atoms with Crippen LogP contribution < -0.4 is 78.2 Å². The molecular weight excluding hydrogens is 763 g/mol. The summed E-state index contributed by atoms with van der Waals surface area (Å²) in [4.78, 5) is 0. The number of benzene rings is 7. The van der Waals surface area contributed by atoms with Gasteiger partial charge in [0.25, 0.3) is 20.1 Å². The van der Waals surface area contributed by atoms with Gasteiger partial charge in [0.05, 0.1) is 0 Å². The topological polar surface area (TPSA) is 58.2 Å². The standard InChI is InChI=1S/C53H44B3NO5/c1-26-15-37-49-43(16-26)61-41-25-42-34(55-32-21-29(52(4,5)6)13-14-38(32)58-44-17-27(2)18-45(62-42)50(44)55)23-33(41)54(49)31-22-35-40(24-36(31)57-37)60-47-20-28(3)19-46-51(47)56(35)48-30(53(7,8)9)11-10-12-39(48)59-46/h10-25,57H,1-9H3. The Labute approximate surface area is 363 Å². The van der Waals surface area contributed by atoms with Gasteiger partial charge in [-0.3, -0.25) is 0 Å². The first-order valence-corrected chi connectivity index (χ1v) is 21.9. The average molecular weight is 807 g/mol. The van der Waals surface area contributed by atoms with Crippen molar-refractivity contribution in [2.24, 2.45) is 0 Å². The number of rotatable bonds is 0. The minimum absolute atomic E-state index is 0.0399. The minimum atomic E-state index is -0.133. The minimum Gasteiger partial charge on any atom is -0.458 e. The zero-order valence-electron chi connectivity index (χ0n) is 36.5.